The van der Waals surface area contributed by atoms with Crippen molar-refractivity contribution in [1.29, 1.82) is 0 Å². The molecule has 0 saturated carbocycles. The fraction of sp³-hybridized carbons (Fsp3) is 0.471. The van der Waals surface area contributed by atoms with E-state index < -0.39 is 0 Å². The maximum atomic E-state index is 5.86. The van der Waals surface area contributed by atoms with Gasteiger partial charge in [0, 0.05) is 26.7 Å². The van der Waals surface area contributed by atoms with E-state index in [1.807, 2.05) is 19.0 Å². The number of rotatable bonds is 4. The smallest absolute Gasteiger partial charge is 0.229 e. The van der Waals surface area contributed by atoms with E-state index in [-0.39, 0.29) is 12.0 Å². The number of aromatic nitrogens is 3. The molecule has 0 aliphatic carbocycles. The van der Waals surface area contributed by atoms with Gasteiger partial charge in [-0.1, -0.05) is 37.3 Å². The Balaban J connectivity index is 1.87. The number of nitrogens with two attached hydrogens (primary N) is 1. The van der Waals surface area contributed by atoms with Gasteiger partial charge >= 0.3 is 0 Å². The monoisotopic (exact) mass is 312 g/mol. The number of likely N-dealkylation sites (tertiary alicyclic amines) is 1. The zero-order valence-corrected chi connectivity index (χ0v) is 14.1. The average Bonchev–Trinajstić information content (AvgIpc) is 2.52. The molecule has 1 saturated heterocycles. The molecule has 3 atom stereocenters. The van der Waals surface area contributed by atoms with Crippen LogP contribution in [0.15, 0.2) is 30.3 Å². The summed E-state index contributed by atoms with van der Waals surface area (Å²) in [6.45, 7) is 5.45. The minimum atomic E-state index is 0.0976. The minimum Gasteiger partial charge on any atom is -0.368 e. The first-order chi connectivity index (χ1) is 11.0. The zero-order valence-electron chi connectivity index (χ0n) is 14.1. The number of benzene rings is 1. The van der Waals surface area contributed by atoms with Gasteiger partial charge < -0.3 is 10.6 Å². The zero-order chi connectivity index (χ0) is 16.6. The Hall–Kier alpha value is -2.21. The fourth-order valence-electron chi connectivity index (χ4n) is 3.24. The summed E-state index contributed by atoms with van der Waals surface area (Å²) < 4.78 is 0. The topological polar surface area (TPSA) is 71.2 Å². The van der Waals surface area contributed by atoms with Crippen LogP contribution in [0.2, 0.25) is 0 Å². The van der Waals surface area contributed by atoms with Crippen LogP contribution in [0.3, 0.4) is 0 Å². The number of nitrogens with zero attached hydrogens (tertiary/aromatic N) is 5. The van der Waals surface area contributed by atoms with Crippen LogP contribution in [0.4, 0.5) is 11.9 Å². The highest BCUT2D eigenvalue weighted by Gasteiger charge is 2.40. The van der Waals surface area contributed by atoms with Gasteiger partial charge in [-0.05, 0) is 18.4 Å². The summed E-state index contributed by atoms with van der Waals surface area (Å²) in [5.74, 6) is 2.22. The molecule has 1 aromatic carbocycles. The fourth-order valence-corrected chi connectivity index (χ4v) is 3.24. The highest BCUT2D eigenvalue weighted by atomic mass is 15.3. The van der Waals surface area contributed by atoms with Crippen molar-refractivity contribution in [3.63, 3.8) is 0 Å². The summed E-state index contributed by atoms with van der Waals surface area (Å²) in [4.78, 5) is 17.4. The molecule has 6 nitrogen and oxygen atoms in total. The van der Waals surface area contributed by atoms with E-state index in [4.69, 9.17) is 5.73 Å². The van der Waals surface area contributed by atoms with Gasteiger partial charge in [-0.3, -0.25) is 4.90 Å². The van der Waals surface area contributed by atoms with E-state index in [2.05, 4.69) is 64.0 Å². The van der Waals surface area contributed by atoms with Crippen LogP contribution < -0.4 is 10.6 Å². The molecule has 1 fully saturated rings. The van der Waals surface area contributed by atoms with Gasteiger partial charge in [-0.2, -0.15) is 15.0 Å². The Morgan fingerprint density at radius 2 is 1.87 bits per heavy atom. The van der Waals surface area contributed by atoms with E-state index >= 15 is 0 Å². The molecule has 0 spiro atoms. The molecule has 1 aliphatic heterocycles. The normalized spacial score (nSPS) is 22.4. The lowest BCUT2D eigenvalue weighted by atomic mass is 9.83. The van der Waals surface area contributed by atoms with Crippen LogP contribution in [0.25, 0.3) is 0 Å². The van der Waals surface area contributed by atoms with Crippen LogP contribution >= 0.6 is 0 Å². The second kappa shape index (κ2) is 6.12. The SMILES string of the molecule is C[C@@H]1CN([C@H](C)c2nc(N)nc(N(C)C)n2)[C@@H]1c1ccccc1. The first-order valence-corrected chi connectivity index (χ1v) is 7.97. The third kappa shape index (κ3) is 2.99. The molecular weight excluding hydrogens is 288 g/mol. The quantitative estimate of drug-likeness (QED) is 0.934. The summed E-state index contributed by atoms with van der Waals surface area (Å²) in [7, 11) is 3.81. The summed E-state index contributed by atoms with van der Waals surface area (Å²) in [5, 5.41) is 0. The van der Waals surface area contributed by atoms with E-state index in [9.17, 15) is 0 Å². The number of nitrogen functional groups attached to an aromatic ring is 1. The predicted octanol–water partition coefficient (Wildman–Crippen LogP) is 2.27. The lowest BCUT2D eigenvalue weighted by Gasteiger charge is -2.49. The van der Waals surface area contributed by atoms with Crippen molar-refractivity contribution in [3.8, 4) is 0 Å². The first kappa shape index (κ1) is 15.7. The molecule has 2 aromatic rings. The van der Waals surface area contributed by atoms with Crippen molar-refractivity contribution < 1.29 is 0 Å². The highest BCUT2D eigenvalue weighted by Crippen LogP contribution is 2.43. The second-order valence-electron chi connectivity index (χ2n) is 6.45. The Labute approximate surface area is 137 Å². The van der Waals surface area contributed by atoms with Crippen molar-refractivity contribution in [1.82, 2.24) is 19.9 Å². The molecule has 1 aliphatic rings. The van der Waals surface area contributed by atoms with Crippen molar-refractivity contribution in [2.24, 2.45) is 5.92 Å². The van der Waals surface area contributed by atoms with Gasteiger partial charge in [0.15, 0.2) is 5.82 Å². The number of hydrogen-bond acceptors (Lipinski definition) is 6. The lowest BCUT2D eigenvalue weighted by Crippen LogP contribution is -2.49. The molecular formula is C17H24N6. The van der Waals surface area contributed by atoms with Crippen molar-refractivity contribution in [2.75, 3.05) is 31.3 Å². The van der Waals surface area contributed by atoms with Gasteiger partial charge in [0.2, 0.25) is 11.9 Å². The van der Waals surface area contributed by atoms with Crippen LogP contribution in [0, 0.1) is 5.92 Å². The van der Waals surface area contributed by atoms with Crippen molar-refractivity contribution in [3.05, 3.63) is 41.7 Å². The molecule has 0 radical (unpaired) electrons. The Bertz CT molecular complexity index is 672. The number of anilines is 2. The van der Waals surface area contributed by atoms with E-state index in [0.717, 1.165) is 12.4 Å². The highest BCUT2D eigenvalue weighted by molar-refractivity contribution is 5.33. The summed E-state index contributed by atoms with van der Waals surface area (Å²) >= 11 is 0. The molecule has 0 unspecified atom stereocenters. The largest absolute Gasteiger partial charge is 0.368 e. The van der Waals surface area contributed by atoms with Gasteiger partial charge in [-0.25, -0.2) is 0 Å². The standard InChI is InChI=1S/C17H24N6/c1-11-10-23(14(11)13-8-6-5-7-9-13)12(2)15-19-16(18)21-17(20-15)22(3)4/h5-9,11-12,14H,10H2,1-4H3,(H2,18,19,20,21)/t11-,12-,14+/m1/s1. The Morgan fingerprint density at radius 1 is 1.17 bits per heavy atom. The van der Waals surface area contributed by atoms with E-state index in [1.54, 1.807) is 0 Å². The Morgan fingerprint density at radius 3 is 2.48 bits per heavy atom. The predicted molar refractivity (Wildman–Crippen MR) is 92.0 cm³/mol. The number of hydrogen-bond donors (Lipinski definition) is 1. The van der Waals surface area contributed by atoms with Crippen molar-refractivity contribution >= 4 is 11.9 Å². The Kier molecular flexibility index (Phi) is 4.17. The minimum absolute atomic E-state index is 0.0976. The summed E-state index contributed by atoms with van der Waals surface area (Å²) in [6.07, 6.45) is 0. The van der Waals surface area contributed by atoms with Gasteiger partial charge in [0.05, 0.1) is 6.04 Å². The second-order valence-corrected chi connectivity index (χ2v) is 6.45. The van der Waals surface area contributed by atoms with E-state index in [0.29, 0.717) is 17.9 Å². The van der Waals surface area contributed by atoms with Crippen LogP contribution in [-0.4, -0.2) is 40.5 Å². The van der Waals surface area contributed by atoms with Crippen LogP contribution in [-0.2, 0) is 0 Å². The molecule has 23 heavy (non-hydrogen) atoms. The molecule has 6 heteroatoms. The maximum Gasteiger partial charge on any atom is 0.229 e. The molecule has 0 bridgehead atoms. The van der Waals surface area contributed by atoms with E-state index in [1.165, 1.54) is 5.56 Å². The van der Waals surface area contributed by atoms with Crippen LogP contribution in [0.5, 0.6) is 0 Å². The molecule has 3 rings (SSSR count). The van der Waals surface area contributed by atoms with Crippen molar-refractivity contribution in [2.45, 2.75) is 25.9 Å². The molecule has 122 valence electrons. The maximum absolute atomic E-state index is 5.86. The third-order valence-corrected chi connectivity index (χ3v) is 4.47. The van der Waals surface area contributed by atoms with Crippen LogP contribution in [0.1, 0.15) is 37.3 Å². The molecule has 1 aromatic heterocycles. The molecule has 2 heterocycles. The van der Waals surface area contributed by atoms with Gasteiger partial charge in [-0.15, -0.1) is 0 Å². The van der Waals surface area contributed by atoms with Gasteiger partial charge in [0.25, 0.3) is 0 Å². The molecule has 0 amide bonds. The first-order valence-electron chi connectivity index (χ1n) is 7.97. The van der Waals surface area contributed by atoms with Gasteiger partial charge in [0.1, 0.15) is 0 Å². The average molecular weight is 312 g/mol. The summed E-state index contributed by atoms with van der Waals surface area (Å²) in [6, 6.07) is 11.1. The molecule has 2 N–H and O–H groups in total. The third-order valence-electron chi connectivity index (χ3n) is 4.47. The lowest BCUT2D eigenvalue weighted by molar-refractivity contribution is -0.0139. The summed E-state index contributed by atoms with van der Waals surface area (Å²) in [5.41, 5.74) is 7.20.